The van der Waals surface area contributed by atoms with E-state index in [0.29, 0.717) is 24.1 Å². The van der Waals surface area contributed by atoms with Gasteiger partial charge in [0.2, 0.25) is 0 Å². The molecule has 0 bridgehead atoms. The van der Waals surface area contributed by atoms with E-state index in [0.717, 1.165) is 5.56 Å². The molecule has 7 nitrogen and oxygen atoms in total. The monoisotopic (exact) mass is 356 g/mol. The fraction of sp³-hybridized carbons (Fsp3) is 0.263. The van der Waals surface area contributed by atoms with Gasteiger partial charge in [0.05, 0.1) is 10.8 Å². The smallest absolute Gasteiger partial charge is 0.306 e. The number of hydrogen-bond donors (Lipinski definition) is 2. The molecule has 0 radical (unpaired) electrons. The van der Waals surface area contributed by atoms with Crippen LogP contribution < -0.4 is 5.32 Å². The number of carbonyl (C=O) groups is 2. The first-order valence-corrected chi connectivity index (χ1v) is 8.22. The highest BCUT2D eigenvalue weighted by Gasteiger charge is 2.17. The lowest BCUT2D eigenvalue weighted by molar-refractivity contribution is -0.385. The van der Waals surface area contributed by atoms with E-state index in [4.69, 9.17) is 5.11 Å². The van der Waals surface area contributed by atoms with Crippen LogP contribution in [0.25, 0.3) is 0 Å². The maximum absolute atomic E-state index is 12.3. The van der Waals surface area contributed by atoms with E-state index in [-0.39, 0.29) is 11.3 Å². The lowest BCUT2D eigenvalue weighted by Gasteiger charge is -2.09. The number of benzene rings is 2. The van der Waals surface area contributed by atoms with Crippen molar-refractivity contribution in [3.05, 3.63) is 69.3 Å². The number of rotatable bonds is 7. The molecule has 2 N–H and O–H groups in total. The number of nitrogens with one attached hydrogen (secondary N) is 1. The number of carboxylic acid groups (broad SMARTS) is 1. The Morgan fingerprint density at radius 1 is 1.19 bits per heavy atom. The van der Waals surface area contributed by atoms with E-state index < -0.39 is 22.7 Å². The average Bonchev–Trinajstić information content (AvgIpc) is 2.62. The Labute approximate surface area is 150 Å². The van der Waals surface area contributed by atoms with E-state index in [1.165, 1.54) is 6.07 Å². The Morgan fingerprint density at radius 3 is 2.38 bits per heavy atom. The van der Waals surface area contributed by atoms with Crippen molar-refractivity contribution in [1.29, 1.82) is 0 Å². The molecule has 2 aromatic rings. The number of aryl methyl sites for hydroxylation is 1. The maximum Gasteiger partial charge on any atom is 0.306 e. The molecule has 0 aliphatic heterocycles. The lowest BCUT2D eigenvalue weighted by Crippen LogP contribution is -2.13. The van der Waals surface area contributed by atoms with Crippen LogP contribution in [0.3, 0.4) is 0 Å². The first-order valence-electron chi connectivity index (χ1n) is 8.22. The normalized spacial score (nSPS) is 11.6. The molecule has 136 valence electrons. The molecule has 1 amide bonds. The second kappa shape index (κ2) is 8.24. The molecule has 26 heavy (non-hydrogen) atoms. The summed E-state index contributed by atoms with van der Waals surface area (Å²) in [6, 6.07) is 11.3. The number of aliphatic carboxylic acids is 1. The van der Waals surface area contributed by atoms with Crippen LogP contribution in [0.5, 0.6) is 0 Å². The van der Waals surface area contributed by atoms with Gasteiger partial charge < -0.3 is 10.4 Å². The zero-order valence-electron chi connectivity index (χ0n) is 14.6. The Bertz CT molecular complexity index is 830. The number of nitrogens with zero attached hydrogens (tertiary/aromatic N) is 1. The third-order valence-electron chi connectivity index (χ3n) is 4.10. The minimum absolute atomic E-state index is 0.0712. The first kappa shape index (κ1) is 19.1. The SMILES string of the molecule is CCc1ccc(C(=O)Nc2ccc(CC(C)C(=O)O)cc2)cc1[N+](=O)[O-]. The van der Waals surface area contributed by atoms with Crippen LogP contribution in [-0.2, 0) is 17.6 Å². The third kappa shape index (κ3) is 4.66. The molecule has 0 heterocycles. The van der Waals surface area contributed by atoms with Gasteiger partial charge in [-0.25, -0.2) is 0 Å². The molecule has 1 atom stereocenters. The number of nitro benzene ring substituents is 1. The topological polar surface area (TPSA) is 110 Å². The van der Waals surface area contributed by atoms with Crippen LogP contribution in [0, 0.1) is 16.0 Å². The molecule has 0 aliphatic rings. The standard InChI is InChI=1S/C19H20N2O5/c1-3-14-6-7-15(11-17(14)21(25)26)18(22)20-16-8-4-13(5-9-16)10-12(2)19(23)24/h4-9,11-12H,3,10H2,1-2H3,(H,20,22)(H,23,24). The van der Waals surface area contributed by atoms with Gasteiger partial charge in [-0.05, 0) is 36.6 Å². The highest BCUT2D eigenvalue weighted by molar-refractivity contribution is 6.04. The number of anilines is 1. The minimum Gasteiger partial charge on any atom is -0.481 e. The number of carbonyl (C=O) groups excluding carboxylic acids is 1. The Hall–Kier alpha value is -3.22. The van der Waals surface area contributed by atoms with E-state index in [9.17, 15) is 19.7 Å². The molecule has 0 spiro atoms. The Morgan fingerprint density at radius 2 is 1.85 bits per heavy atom. The fourth-order valence-corrected chi connectivity index (χ4v) is 2.54. The Kier molecular flexibility index (Phi) is 6.06. The molecule has 7 heteroatoms. The van der Waals surface area contributed by atoms with E-state index >= 15 is 0 Å². The summed E-state index contributed by atoms with van der Waals surface area (Å²) in [5, 5.41) is 22.7. The number of carboxylic acids is 1. The highest BCUT2D eigenvalue weighted by atomic mass is 16.6. The molecule has 2 aromatic carbocycles. The molecular formula is C19H20N2O5. The summed E-state index contributed by atoms with van der Waals surface area (Å²) in [6.07, 6.45) is 0.905. The highest BCUT2D eigenvalue weighted by Crippen LogP contribution is 2.22. The van der Waals surface area contributed by atoms with Crippen molar-refractivity contribution >= 4 is 23.3 Å². The summed E-state index contributed by atoms with van der Waals surface area (Å²) in [5.74, 6) is -1.80. The van der Waals surface area contributed by atoms with Crippen molar-refractivity contribution in [3.63, 3.8) is 0 Å². The van der Waals surface area contributed by atoms with Gasteiger partial charge in [-0.1, -0.05) is 32.0 Å². The second-order valence-electron chi connectivity index (χ2n) is 6.05. The van der Waals surface area contributed by atoms with Gasteiger partial charge in [0.25, 0.3) is 11.6 Å². The van der Waals surface area contributed by atoms with Gasteiger partial charge in [-0.15, -0.1) is 0 Å². The van der Waals surface area contributed by atoms with Crippen LogP contribution >= 0.6 is 0 Å². The third-order valence-corrected chi connectivity index (χ3v) is 4.10. The van der Waals surface area contributed by atoms with Crippen molar-refractivity contribution in [2.45, 2.75) is 26.7 Å². The van der Waals surface area contributed by atoms with Crippen molar-refractivity contribution in [2.24, 2.45) is 5.92 Å². The minimum atomic E-state index is -0.862. The molecule has 0 fully saturated rings. The first-order chi connectivity index (χ1) is 12.3. The van der Waals surface area contributed by atoms with Crippen LogP contribution in [0.4, 0.5) is 11.4 Å². The van der Waals surface area contributed by atoms with E-state index in [1.54, 1.807) is 43.3 Å². The second-order valence-corrected chi connectivity index (χ2v) is 6.05. The quantitative estimate of drug-likeness (QED) is 0.581. The zero-order chi connectivity index (χ0) is 19.3. The van der Waals surface area contributed by atoms with Gasteiger partial charge in [0.15, 0.2) is 0 Å². The summed E-state index contributed by atoms with van der Waals surface area (Å²) >= 11 is 0. The van der Waals surface area contributed by atoms with Gasteiger partial charge in [0.1, 0.15) is 0 Å². The summed E-state index contributed by atoms with van der Waals surface area (Å²) in [4.78, 5) is 33.8. The molecule has 0 aliphatic carbocycles. The Balaban J connectivity index is 2.11. The summed E-state index contributed by atoms with van der Waals surface area (Å²) in [5.41, 5.74) is 2.09. The van der Waals surface area contributed by atoms with Crippen molar-refractivity contribution in [3.8, 4) is 0 Å². The predicted octanol–water partition coefficient (Wildman–Crippen LogP) is 3.67. The van der Waals surface area contributed by atoms with Crippen molar-refractivity contribution in [1.82, 2.24) is 0 Å². The molecular weight excluding hydrogens is 336 g/mol. The van der Waals surface area contributed by atoms with Gasteiger partial charge in [-0.3, -0.25) is 19.7 Å². The number of hydrogen-bond acceptors (Lipinski definition) is 4. The van der Waals surface area contributed by atoms with Crippen LogP contribution in [-0.4, -0.2) is 21.9 Å². The molecule has 2 rings (SSSR count). The predicted molar refractivity (Wildman–Crippen MR) is 97.4 cm³/mol. The molecule has 0 saturated carbocycles. The zero-order valence-corrected chi connectivity index (χ0v) is 14.6. The van der Waals surface area contributed by atoms with Crippen molar-refractivity contribution in [2.75, 3.05) is 5.32 Å². The largest absolute Gasteiger partial charge is 0.481 e. The fourth-order valence-electron chi connectivity index (χ4n) is 2.54. The summed E-state index contributed by atoms with van der Waals surface area (Å²) in [6.45, 7) is 3.44. The van der Waals surface area contributed by atoms with Gasteiger partial charge >= 0.3 is 5.97 Å². The van der Waals surface area contributed by atoms with Crippen LogP contribution in [0.1, 0.15) is 35.3 Å². The van der Waals surface area contributed by atoms with E-state index in [2.05, 4.69) is 5.32 Å². The maximum atomic E-state index is 12.3. The van der Waals surface area contributed by atoms with Crippen LogP contribution in [0.15, 0.2) is 42.5 Å². The molecule has 0 aromatic heterocycles. The van der Waals surface area contributed by atoms with Crippen LogP contribution in [0.2, 0.25) is 0 Å². The number of amides is 1. The summed E-state index contributed by atoms with van der Waals surface area (Å²) in [7, 11) is 0. The van der Waals surface area contributed by atoms with Gasteiger partial charge in [-0.2, -0.15) is 0 Å². The lowest BCUT2D eigenvalue weighted by atomic mass is 10.0. The number of nitro groups is 1. The van der Waals surface area contributed by atoms with Gasteiger partial charge in [0, 0.05) is 22.9 Å². The van der Waals surface area contributed by atoms with Crippen molar-refractivity contribution < 1.29 is 19.6 Å². The van der Waals surface area contributed by atoms with E-state index in [1.807, 2.05) is 6.92 Å². The average molecular weight is 356 g/mol. The molecule has 1 unspecified atom stereocenters. The molecule has 0 saturated heterocycles. The summed E-state index contributed by atoms with van der Waals surface area (Å²) < 4.78 is 0.